The Morgan fingerprint density at radius 1 is 1.32 bits per heavy atom. The van der Waals surface area contributed by atoms with Gasteiger partial charge in [-0.25, -0.2) is 8.78 Å². The SMILES string of the molecule is Cl.Cn1cc([C@H]2CNC[C@@H]2C(=O)NC(c2ccc(F)cc2F)C(C)(C)C)cn1. The summed E-state index contributed by atoms with van der Waals surface area (Å²) < 4.78 is 29.4. The van der Waals surface area contributed by atoms with Gasteiger partial charge in [0.25, 0.3) is 0 Å². The molecule has 1 aliphatic rings. The van der Waals surface area contributed by atoms with Crippen molar-refractivity contribution in [1.29, 1.82) is 0 Å². The molecule has 1 aromatic carbocycles. The van der Waals surface area contributed by atoms with Crippen molar-refractivity contribution < 1.29 is 13.6 Å². The van der Waals surface area contributed by atoms with Crippen LogP contribution in [0.4, 0.5) is 8.78 Å². The second kappa shape index (κ2) is 8.57. The number of benzene rings is 1. The molecule has 1 fully saturated rings. The molecule has 1 amide bonds. The van der Waals surface area contributed by atoms with Crippen molar-refractivity contribution in [2.75, 3.05) is 13.1 Å². The van der Waals surface area contributed by atoms with Crippen molar-refractivity contribution in [2.24, 2.45) is 18.4 Å². The Kier molecular flexibility index (Phi) is 6.83. The van der Waals surface area contributed by atoms with Gasteiger partial charge in [-0.3, -0.25) is 9.48 Å². The van der Waals surface area contributed by atoms with Crippen LogP contribution in [0.25, 0.3) is 0 Å². The second-order valence-electron chi connectivity index (χ2n) is 8.29. The van der Waals surface area contributed by atoms with Crippen LogP contribution in [0.2, 0.25) is 0 Å². The lowest BCUT2D eigenvalue weighted by atomic mass is 9.81. The zero-order valence-corrected chi connectivity index (χ0v) is 17.3. The highest BCUT2D eigenvalue weighted by atomic mass is 35.5. The van der Waals surface area contributed by atoms with Crippen molar-refractivity contribution in [1.82, 2.24) is 20.4 Å². The van der Waals surface area contributed by atoms with Crippen LogP contribution in [0.5, 0.6) is 0 Å². The van der Waals surface area contributed by atoms with E-state index >= 15 is 0 Å². The summed E-state index contributed by atoms with van der Waals surface area (Å²) in [6.07, 6.45) is 3.69. The maximum Gasteiger partial charge on any atom is 0.225 e. The highest BCUT2D eigenvalue weighted by Crippen LogP contribution is 2.36. The average molecular weight is 413 g/mol. The molecule has 0 saturated carbocycles. The number of amides is 1. The summed E-state index contributed by atoms with van der Waals surface area (Å²) in [6.45, 7) is 7.01. The van der Waals surface area contributed by atoms with E-state index in [0.29, 0.717) is 18.7 Å². The molecule has 8 heteroatoms. The number of hydrogen-bond donors (Lipinski definition) is 2. The van der Waals surface area contributed by atoms with Crippen molar-refractivity contribution in [2.45, 2.75) is 32.7 Å². The number of hydrogen-bond acceptors (Lipinski definition) is 3. The Bertz CT molecular complexity index is 834. The Labute approximate surface area is 170 Å². The third kappa shape index (κ3) is 4.70. The summed E-state index contributed by atoms with van der Waals surface area (Å²) in [7, 11) is 1.84. The summed E-state index contributed by atoms with van der Waals surface area (Å²) in [5.41, 5.74) is 0.855. The zero-order valence-electron chi connectivity index (χ0n) is 16.5. The summed E-state index contributed by atoms with van der Waals surface area (Å²) in [4.78, 5) is 13.1. The standard InChI is InChI=1S/C20H26F2N4O.ClH/c1-20(2,3)18(14-6-5-13(21)7-17(14)22)25-19(27)16-10-23-9-15(16)12-8-24-26(4)11-12;/h5-8,11,15-16,18,23H,9-10H2,1-4H3,(H,25,27);1H/t15-,16+,18?;/m1./s1. The van der Waals surface area contributed by atoms with Crippen molar-refractivity contribution in [3.8, 4) is 0 Å². The molecule has 2 aromatic rings. The van der Waals surface area contributed by atoms with Gasteiger partial charge in [0.05, 0.1) is 18.2 Å². The third-order valence-corrected chi connectivity index (χ3v) is 5.13. The molecule has 154 valence electrons. The van der Waals surface area contributed by atoms with Crippen LogP contribution in [-0.4, -0.2) is 28.8 Å². The number of carbonyl (C=O) groups excluding carboxylic acids is 1. The molecule has 2 heterocycles. The topological polar surface area (TPSA) is 59.0 Å². The first-order valence-corrected chi connectivity index (χ1v) is 9.11. The number of nitrogens with one attached hydrogen (secondary N) is 2. The lowest BCUT2D eigenvalue weighted by Gasteiger charge is -2.33. The summed E-state index contributed by atoms with van der Waals surface area (Å²) in [5.74, 6) is -1.69. The molecule has 0 spiro atoms. The van der Waals surface area contributed by atoms with E-state index in [1.54, 1.807) is 10.9 Å². The fraction of sp³-hybridized carbons (Fsp3) is 0.500. The molecule has 3 rings (SSSR count). The first-order valence-electron chi connectivity index (χ1n) is 9.11. The predicted octanol–water partition coefficient (Wildman–Crippen LogP) is 3.33. The van der Waals surface area contributed by atoms with E-state index in [2.05, 4.69) is 15.7 Å². The lowest BCUT2D eigenvalue weighted by molar-refractivity contribution is -0.126. The summed E-state index contributed by atoms with van der Waals surface area (Å²) in [6, 6.07) is 2.92. The van der Waals surface area contributed by atoms with Crippen molar-refractivity contribution in [3.63, 3.8) is 0 Å². The van der Waals surface area contributed by atoms with Gasteiger partial charge in [-0.05, 0) is 17.0 Å². The maximum atomic E-state index is 14.4. The monoisotopic (exact) mass is 412 g/mol. The quantitative estimate of drug-likeness (QED) is 0.809. The van der Waals surface area contributed by atoms with Crippen LogP contribution in [0, 0.1) is 23.0 Å². The first kappa shape index (κ1) is 22.3. The van der Waals surface area contributed by atoms with Crippen LogP contribution in [-0.2, 0) is 11.8 Å². The highest BCUT2D eigenvalue weighted by molar-refractivity contribution is 5.85. The average Bonchev–Trinajstić information content (AvgIpc) is 3.20. The van der Waals surface area contributed by atoms with Crippen LogP contribution >= 0.6 is 12.4 Å². The van der Waals surface area contributed by atoms with Gasteiger partial charge in [0.15, 0.2) is 0 Å². The molecule has 1 aromatic heterocycles. The van der Waals surface area contributed by atoms with Gasteiger partial charge in [0, 0.05) is 43.9 Å². The fourth-order valence-electron chi connectivity index (χ4n) is 3.68. The Hall–Kier alpha value is -1.99. The number of aromatic nitrogens is 2. The fourth-order valence-corrected chi connectivity index (χ4v) is 3.68. The molecule has 0 aliphatic carbocycles. The minimum absolute atomic E-state index is 0. The Morgan fingerprint density at radius 3 is 2.61 bits per heavy atom. The maximum absolute atomic E-state index is 14.4. The first-order chi connectivity index (χ1) is 12.7. The summed E-state index contributed by atoms with van der Waals surface area (Å²) >= 11 is 0. The molecule has 1 saturated heterocycles. The molecular formula is C20H27ClF2N4O. The molecule has 1 unspecified atom stereocenters. The molecular weight excluding hydrogens is 386 g/mol. The van der Waals surface area contributed by atoms with Gasteiger partial charge < -0.3 is 10.6 Å². The molecule has 2 N–H and O–H groups in total. The Balaban J connectivity index is 0.00000280. The van der Waals surface area contributed by atoms with Crippen molar-refractivity contribution in [3.05, 3.63) is 53.4 Å². The highest BCUT2D eigenvalue weighted by Gasteiger charge is 2.38. The normalized spacial score (nSPS) is 20.5. The van der Waals surface area contributed by atoms with Crippen LogP contribution in [0.15, 0.2) is 30.6 Å². The zero-order chi connectivity index (χ0) is 19.8. The van der Waals surface area contributed by atoms with Crippen LogP contribution in [0.1, 0.15) is 43.9 Å². The predicted molar refractivity (Wildman–Crippen MR) is 106 cm³/mol. The van der Waals surface area contributed by atoms with Gasteiger partial charge in [-0.1, -0.05) is 26.8 Å². The molecule has 28 heavy (non-hydrogen) atoms. The largest absolute Gasteiger partial charge is 0.348 e. The Morgan fingerprint density at radius 2 is 2.04 bits per heavy atom. The summed E-state index contributed by atoms with van der Waals surface area (Å²) in [5, 5.41) is 10.5. The van der Waals surface area contributed by atoms with E-state index < -0.39 is 23.1 Å². The smallest absolute Gasteiger partial charge is 0.225 e. The number of nitrogens with zero attached hydrogens (tertiary/aromatic N) is 2. The van der Waals surface area contributed by atoms with E-state index in [4.69, 9.17) is 0 Å². The number of rotatable bonds is 4. The molecule has 0 radical (unpaired) electrons. The number of carbonyl (C=O) groups is 1. The molecule has 1 aliphatic heterocycles. The van der Waals surface area contributed by atoms with Crippen LogP contribution in [0.3, 0.4) is 0 Å². The van der Waals surface area contributed by atoms with Gasteiger partial charge >= 0.3 is 0 Å². The molecule has 3 atom stereocenters. The third-order valence-electron chi connectivity index (χ3n) is 5.13. The van der Waals surface area contributed by atoms with E-state index in [1.165, 1.54) is 12.1 Å². The van der Waals surface area contributed by atoms with Gasteiger partial charge in [0.2, 0.25) is 5.91 Å². The lowest BCUT2D eigenvalue weighted by Crippen LogP contribution is -2.42. The van der Waals surface area contributed by atoms with E-state index in [1.807, 2.05) is 34.0 Å². The second-order valence-corrected chi connectivity index (χ2v) is 8.29. The van der Waals surface area contributed by atoms with Gasteiger partial charge in [0.1, 0.15) is 11.6 Å². The molecule has 5 nitrogen and oxygen atoms in total. The number of aryl methyl sites for hydroxylation is 1. The van der Waals surface area contributed by atoms with Crippen molar-refractivity contribution >= 4 is 18.3 Å². The van der Waals surface area contributed by atoms with E-state index in [9.17, 15) is 13.6 Å². The van der Waals surface area contributed by atoms with Crippen LogP contribution < -0.4 is 10.6 Å². The van der Waals surface area contributed by atoms with Gasteiger partial charge in [-0.2, -0.15) is 5.10 Å². The van der Waals surface area contributed by atoms with Gasteiger partial charge in [-0.15, -0.1) is 12.4 Å². The minimum Gasteiger partial charge on any atom is -0.348 e. The van der Waals surface area contributed by atoms with E-state index in [0.717, 1.165) is 11.6 Å². The molecule has 0 bridgehead atoms. The van der Waals surface area contributed by atoms with E-state index in [-0.39, 0.29) is 30.2 Å². The number of halogens is 3. The minimum atomic E-state index is -0.649.